The molecule has 1 amide bonds. The molecule has 1 aromatic heterocycles. The van der Waals surface area contributed by atoms with Crippen LogP contribution in [0.15, 0.2) is 95.0 Å². The maximum absolute atomic E-state index is 12.9. The summed E-state index contributed by atoms with van der Waals surface area (Å²) in [6, 6.07) is 26.3. The molecule has 1 fully saturated rings. The van der Waals surface area contributed by atoms with Crippen LogP contribution in [0, 0.1) is 12.8 Å². The van der Waals surface area contributed by atoms with Crippen LogP contribution in [0.4, 0.5) is 0 Å². The summed E-state index contributed by atoms with van der Waals surface area (Å²) in [6.45, 7) is 6.77. The van der Waals surface area contributed by atoms with Gasteiger partial charge in [0.1, 0.15) is 12.4 Å². The summed E-state index contributed by atoms with van der Waals surface area (Å²) < 4.78 is 7.88. The van der Waals surface area contributed by atoms with Gasteiger partial charge in [0, 0.05) is 30.4 Å². The predicted molar refractivity (Wildman–Crippen MR) is 162 cm³/mol. The van der Waals surface area contributed by atoms with Gasteiger partial charge in [0.15, 0.2) is 5.17 Å². The Kier molecular flexibility index (Phi) is 7.55. The van der Waals surface area contributed by atoms with E-state index in [2.05, 4.69) is 48.0 Å². The number of carbonyl (C=O) groups excluding carboxylic acids is 1. The zero-order valence-corrected chi connectivity index (χ0v) is 23.6. The van der Waals surface area contributed by atoms with E-state index in [0.29, 0.717) is 11.5 Å². The number of amidine groups is 1. The second-order valence-electron chi connectivity index (χ2n) is 10.5. The maximum Gasteiger partial charge on any atom is 0.286 e. The Hall–Kier alpha value is -4.10. The van der Waals surface area contributed by atoms with Gasteiger partial charge in [-0.1, -0.05) is 55.0 Å². The second-order valence-corrected chi connectivity index (χ2v) is 11.5. The van der Waals surface area contributed by atoms with Crippen LogP contribution in [0.25, 0.3) is 23.0 Å². The van der Waals surface area contributed by atoms with E-state index in [4.69, 9.17) is 9.84 Å². The lowest BCUT2D eigenvalue weighted by molar-refractivity contribution is -0.113. The van der Waals surface area contributed by atoms with Crippen molar-refractivity contribution in [3.8, 4) is 22.7 Å². The molecule has 6 nitrogen and oxygen atoms in total. The van der Waals surface area contributed by atoms with Crippen LogP contribution >= 0.6 is 11.8 Å². The van der Waals surface area contributed by atoms with Crippen molar-refractivity contribution in [1.29, 1.82) is 0 Å². The standard InChI is InChI=1S/C33H32N4O2S/c1-23-8-10-25(11-9-23)22-39-29-14-12-26(13-15-29)31-27(21-37(35-31)28-6-4-3-5-7-28)20-30-32(38)34-33(40-30)36-18-16-24(2)17-19-36/h3-15,20-21,24H,16-19,22H2,1-2H3. The Morgan fingerprint density at radius 2 is 1.70 bits per heavy atom. The minimum Gasteiger partial charge on any atom is -0.489 e. The number of hydrogen-bond acceptors (Lipinski definition) is 5. The number of likely N-dealkylation sites (tertiary alicyclic amines) is 1. The molecule has 3 heterocycles. The predicted octanol–water partition coefficient (Wildman–Crippen LogP) is 7.13. The van der Waals surface area contributed by atoms with Gasteiger partial charge < -0.3 is 9.64 Å². The number of amides is 1. The average Bonchev–Trinajstić information content (AvgIpc) is 3.57. The monoisotopic (exact) mass is 548 g/mol. The molecule has 0 unspecified atom stereocenters. The Morgan fingerprint density at radius 1 is 0.975 bits per heavy atom. The van der Waals surface area contributed by atoms with Crippen LogP contribution in [0.5, 0.6) is 5.75 Å². The topological polar surface area (TPSA) is 59.7 Å². The van der Waals surface area contributed by atoms with E-state index in [-0.39, 0.29) is 5.91 Å². The van der Waals surface area contributed by atoms with E-state index in [1.165, 1.54) is 17.3 Å². The minimum atomic E-state index is -0.183. The summed E-state index contributed by atoms with van der Waals surface area (Å²) in [7, 11) is 0. The summed E-state index contributed by atoms with van der Waals surface area (Å²) in [6.07, 6.45) is 6.17. The van der Waals surface area contributed by atoms with Gasteiger partial charge in [-0.05, 0) is 85.5 Å². The van der Waals surface area contributed by atoms with Crippen molar-refractivity contribution in [1.82, 2.24) is 14.7 Å². The maximum atomic E-state index is 12.9. The summed E-state index contributed by atoms with van der Waals surface area (Å²) in [5, 5.41) is 5.74. The first kappa shape index (κ1) is 26.1. The third kappa shape index (κ3) is 5.89. The number of carbonyl (C=O) groups is 1. The van der Waals surface area contributed by atoms with Crippen LogP contribution in [-0.4, -0.2) is 38.8 Å². The molecule has 0 atom stereocenters. The van der Waals surface area contributed by atoms with Gasteiger partial charge in [0.25, 0.3) is 5.91 Å². The molecule has 1 saturated heterocycles. The molecule has 0 saturated carbocycles. The minimum absolute atomic E-state index is 0.183. The van der Waals surface area contributed by atoms with E-state index < -0.39 is 0 Å². The Balaban J connectivity index is 1.25. The first-order valence-electron chi connectivity index (χ1n) is 13.7. The van der Waals surface area contributed by atoms with Crippen molar-refractivity contribution in [2.24, 2.45) is 10.9 Å². The van der Waals surface area contributed by atoms with E-state index in [0.717, 1.165) is 70.8 Å². The van der Waals surface area contributed by atoms with Gasteiger partial charge in [0.05, 0.1) is 16.3 Å². The van der Waals surface area contributed by atoms with Gasteiger partial charge >= 0.3 is 0 Å². The Labute approximate surface area is 239 Å². The molecule has 4 aromatic rings. The number of thioether (sulfide) groups is 1. The third-order valence-corrected chi connectivity index (χ3v) is 8.41. The highest BCUT2D eigenvalue weighted by molar-refractivity contribution is 8.18. The lowest BCUT2D eigenvalue weighted by Gasteiger charge is -2.30. The van der Waals surface area contributed by atoms with Crippen molar-refractivity contribution in [3.63, 3.8) is 0 Å². The first-order chi connectivity index (χ1) is 19.5. The molecule has 202 valence electrons. The Morgan fingerprint density at radius 3 is 2.42 bits per heavy atom. The zero-order chi connectivity index (χ0) is 27.5. The summed E-state index contributed by atoms with van der Waals surface area (Å²) in [5.74, 6) is 1.33. The number of hydrogen-bond donors (Lipinski definition) is 0. The summed E-state index contributed by atoms with van der Waals surface area (Å²) >= 11 is 1.47. The van der Waals surface area contributed by atoms with Gasteiger partial charge in [0.2, 0.25) is 0 Å². The molecular formula is C33H32N4O2S. The summed E-state index contributed by atoms with van der Waals surface area (Å²) in [4.78, 5) is 20.2. The molecule has 0 spiro atoms. The van der Waals surface area contributed by atoms with Crippen LogP contribution in [0.1, 0.15) is 36.5 Å². The summed E-state index contributed by atoms with van der Waals surface area (Å²) in [5.41, 5.74) is 5.94. The molecule has 0 N–H and O–H groups in total. The molecule has 6 rings (SSSR count). The molecule has 2 aliphatic heterocycles. The number of aryl methyl sites for hydroxylation is 1. The van der Waals surface area contributed by atoms with Crippen molar-refractivity contribution < 1.29 is 9.53 Å². The quantitative estimate of drug-likeness (QED) is 0.240. The van der Waals surface area contributed by atoms with Crippen molar-refractivity contribution in [2.45, 2.75) is 33.3 Å². The highest BCUT2D eigenvalue weighted by atomic mass is 32.2. The number of ether oxygens (including phenoxy) is 1. The zero-order valence-electron chi connectivity index (χ0n) is 22.8. The van der Waals surface area contributed by atoms with E-state index in [1.807, 2.05) is 71.6 Å². The Bertz CT molecular complexity index is 1550. The molecule has 3 aromatic carbocycles. The SMILES string of the molecule is Cc1ccc(COc2ccc(-c3nn(-c4ccccc4)cc3C=C3SC(N4CCC(C)CC4)=NC3=O)cc2)cc1. The van der Waals surface area contributed by atoms with Crippen molar-refractivity contribution >= 4 is 28.9 Å². The lowest BCUT2D eigenvalue weighted by atomic mass is 10.00. The average molecular weight is 549 g/mol. The molecule has 0 aliphatic carbocycles. The fourth-order valence-corrected chi connectivity index (χ4v) is 5.82. The molecule has 0 bridgehead atoms. The largest absolute Gasteiger partial charge is 0.489 e. The highest BCUT2D eigenvalue weighted by Crippen LogP contribution is 2.35. The van der Waals surface area contributed by atoms with Crippen molar-refractivity contribution in [3.05, 3.63) is 107 Å². The molecular weight excluding hydrogens is 516 g/mol. The number of rotatable bonds is 6. The van der Waals surface area contributed by atoms with E-state index >= 15 is 0 Å². The van der Waals surface area contributed by atoms with E-state index in [9.17, 15) is 4.79 Å². The van der Waals surface area contributed by atoms with Crippen LogP contribution in [-0.2, 0) is 11.4 Å². The second kappa shape index (κ2) is 11.6. The molecule has 2 aliphatic rings. The number of aliphatic imine (C=N–C) groups is 1. The molecule has 7 heteroatoms. The van der Waals surface area contributed by atoms with Crippen molar-refractivity contribution in [2.75, 3.05) is 13.1 Å². The number of nitrogens with zero attached hydrogens (tertiary/aromatic N) is 4. The first-order valence-corrected chi connectivity index (χ1v) is 14.5. The van der Waals surface area contributed by atoms with E-state index in [1.54, 1.807) is 0 Å². The smallest absolute Gasteiger partial charge is 0.286 e. The third-order valence-electron chi connectivity index (χ3n) is 7.37. The molecule has 0 radical (unpaired) electrons. The highest BCUT2D eigenvalue weighted by Gasteiger charge is 2.28. The van der Waals surface area contributed by atoms with Crippen LogP contribution < -0.4 is 4.74 Å². The van der Waals surface area contributed by atoms with Gasteiger partial charge in [-0.15, -0.1) is 0 Å². The fraction of sp³-hybridized carbons (Fsp3) is 0.242. The molecule has 40 heavy (non-hydrogen) atoms. The number of aromatic nitrogens is 2. The van der Waals surface area contributed by atoms with Crippen LogP contribution in [0.3, 0.4) is 0 Å². The normalized spacial score (nSPS) is 16.9. The van der Waals surface area contributed by atoms with Gasteiger partial charge in [-0.2, -0.15) is 10.1 Å². The number of benzene rings is 3. The van der Waals surface area contributed by atoms with Gasteiger partial charge in [-0.3, -0.25) is 4.79 Å². The van der Waals surface area contributed by atoms with Crippen LogP contribution in [0.2, 0.25) is 0 Å². The lowest BCUT2D eigenvalue weighted by Crippen LogP contribution is -2.35. The fourth-order valence-electron chi connectivity index (χ4n) is 4.86. The number of para-hydroxylation sites is 1. The number of piperidine rings is 1. The van der Waals surface area contributed by atoms with Gasteiger partial charge in [-0.25, -0.2) is 4.68 Å².